The van der Waals surface area contributed by atoms with Crippen molar-refractivity contribution in [1.82, 2.24) is 24.6 Å². The number of rotatable bonds is 8. The van der Waals surface area contributed by atoms with E-state index in [2.05, 4.69) is 32.2 Å². The number of benzene rings is 3. The summed E-state index contributed by atoms with van der Waals surface area (Å²) < 4.78 is 2.78. The number of carbonyl (C=O) groups excluding carboxylic acids is 1. The van der Waals surface area contributed by atoms with Gasteiger partial charge in [0.2, 0.25) is 0 Å². The Morgan fingerprint density at radius 1 is 1.00 bits per heavy atom. The molecule has 1 aliphatic heterocycles. The minimum Gasteiger partial charge on any atom is -0.476 e. The lowest BCUT2D eigenvalue weighted by Gasteiger charge is -2.31. The predicted octanol–water partition coefficient (Wildman–Crippen LogP) is 6.03. The van der Waals surface area contributed by atoms with E-state index in [1.807, 2.05) is 103 Å². The molecule has 0 radical (unpaired) electrons. The molecule has 244 valence electrons. The minimum absolute atomic E-state index is 0.0559. The fraction of sp³-hybridized carbons (Fsp3) is 0.184. The molecule has 3 aromatic heterocycles. The molecule has 10 nitrogen and oxygen atoms in total. The number of aromatic carboxylic acids is 1. The van der Waals surface area contributed by atoms with Crippen LogP contribution in [0.5, 0.6) is 0 Å². The molecule has 0 aliphatic carbocycles. The summed E-state index contributed by atoms with van der Waals surface area (Å²) >= 11 is 1.43. The van der Waals surface area contributed by atoms with Crippen LogP contribution in [0.25, 0.3) is 21.3 Å². The summed E-state index contributed by atoms with van der Waals surface area (Å²) in [4.78, 5) is 39.2. The molecule has 0 saturated carbocycles. The first-order chi connectivity index (χ1) is 23.8. The zero-order chi connectivity index (χ0) is 33.9. The molecular weight excluding hydrogens is 635 g/mol. The van der Waals surface area contributed by atoms with Crippen LogP contribution in [0.4, 0.5) is 10.9 Å². The number of aromatic nitrogens is 4. The maximum Gasteiger partial charge on any atom is 0.355 e. The van der Waals surface area contributed by atoms with Crippen molar-refractivity contribution in [2.24, 2.45) is 0 Å². The van der Waals surface area contributed by atoms with Crippen molar-refractivity contribution in [1.29, 1.82) is 0 Å². The van der Waals surface area contributed by atoms with E-state index in [9.17, 15) is 14.7 Å². The van der Waals surface area contributed by atoms with Crippen LogP contribution in [-0.4, -0.2) is 68.8 Å². The zero-order valence-electron chi connectivity index (χ0n) is 27.1. The van der Waals surface area contributed by atoms with Gasteiger partial charge in [0.25, 0.3) is 5.91 Å². The zero-order valence-corrected chi connectivity index (χ0v) is 27.9. The molecule has 2 N–H and O–H groups in total. The number of anilines is 2. The van der Waals surface area contributed by atoms with Gasteiger partial charge in [0.05, 0.1) is 29.5 Å². The first kappa shape index (κ1) is 31.8. The number of para-hydroxylation sites is 1. The number of carbonyl (C=O) groups is 2. The molecule has 49 heavy (non-hydrogen) atoms. The molecule has 6 aromatic rings. The van der Waals surface area contributed by atoms with Crippen molar-refractivity contribution in [2.75, 3.05) is 37.4 Å². The highest BCUT2D eigenvalue weighted by Gasteiger charge is 2.25. The molecule has 0 bridgehead atoms. The lowest BCUT2D eigenvalue weighted by atomic mass is 9.94. The second-order valence-electron chi connectivity index (χ2n) is 12.0. The fourth-order valence-electron chi connectivity index (χ4n) is 5.94. The van der Waals surface area contributed by atoms with Crippen molar-refractivity contribution in [2.45, 2.75) is 19.5 Å². The van der Waals surface area contributed by atoms with Crippen molar-refractivity contribution in [3.05, 3.63) is 125 Å². The van der Waals surface area contributed by atoms with Crippen LogP contribution in [0, 0.1) is 11.8 Å². The molecule has 0 saturated heterocycles. The van der Waals surface area contributed by atoms with Crippen molar-refractivity contribution in [3.63, 3.8) is 0 Å². The molecule has 0 spiro atoms. The molecule has 7 rings (SSSR count). The molecule has 0 fully saturated rings. The first-order valence-corrected chi connectivity index (χ1v) is 16.7. The highest BCUT2D eigenvalue weighted by Crippen LogP contribution is 2.31. The molecule has 3 aromatic carbocycles. The van der Waals surface area contributed by atoms with Gasteiger partial charge >= 0.3 is 5.97 Å². The molecule has 0 atom stereocenters. The Morgan fingerprint density at radius 3 is 2.67 bits per heavy atom. The number of thiazole rings is 1. The summed E-state index contributed by atoms with van der Waals surface area (Å²) in [7, 11) is 3.96. The van der Waals surface area contributed by atoms with Gasteiger partial charge in [-0.1, -0.05) is 65.6 Å². The van der Waals surface area contributed by atoms with E-state index in [0.717, 1.165) is 32.5 Å². The number of fused-ring (bicyclic) bond motifs is 2. The summed E-state index contributed by atoms with van der Waals surface area (Å²) in [5.41, 5.74) is 6.41. The van der Waals surface area contributed by atoms with E-state index >= 15 is 0 Å². The second kappa shape index (κ2) is 13.7. The number of nitrogens with one attached hydrogen (secondary N) is 1. The summed E-state index contributed by atoms with van der Waals surface area (Å²) in [5, 5.41) is 18.3. The summed E-state index contributed by atoms with van der Waals surface area (Å²) in [6.45, 7) is 2.20. The molecule has 4 heterocycles. The average molecular weight is 668 g/mol. The van der Waals surface area contributed by atoms with E-state index in [1.165, 1.54) is 11.3 Å². The number of hydrogen-bond donors (Lipinski definition) is 2. The average Bonchev–Trinajstić information content (AvgIpc) is 3.74. The van der Waals surface area contributed by atoms with Crippen LogP contribution in [0.3, 0.4) is 0 Å². The summed E-state index contributed by atoms with van der Waals surface area (Å²) in [6, 6.07) is 25.1. The largest absolute Gasteiger partial charge is 0.476 e. The van der Waals surface area contributed by atoms with Gasteiger partial charge in [-0.25, -0.2) is 14.8 Å². The number of pyridine rings is 1. The summed E-state index contributed by atoms with van der Waals surface area (Å²) in [5.74, 6) is 5.61. The standard InChI is InChI=1S/C38H33N7O3S/c1-43(2)19-8-12-25-9-3-4-10-27(25)22-45-23-28(21-39-45)29-16-17-34(41-35(29)37(47)48)44-20-18-26-11-7-13-30(31(26)24-44)36(46)42-38-40-32-14-5-6-15-33(32)49-38/h3-7,9-11,13-17,21,23H,18-20,22,24H2,1-2H3,(H,47,48)(H,40,42,46). The normalized spacial score (nSPS) is 12.4. The second-order valence-corrected chi connectivity index (χ2v) is 13.1. The SMILES string of the molecule is CN(C)CC#Cc1ccccc1Cn1cc(-c2ccc(N3CCc4cccc(C(=O)Nc5nc6ccccc6s5)c4C3)nc2C(=O)O)cn1. The third-order valence-corrected chi connectivity index (χ3v) is 9.30. The van der Waals surface area contributed by atoms with Gasteiger partial charge in [-0.15, -0.1) is 0 Å². The van der Waals surface area contributed by atoms with Crippen molar-refractivity contribution in [3.8, 4) is 23.0 Å². The number of amides is 1. The molecular formula is C38H33N7O3S. The van der Waals surface area contributed by atoms with Crippen molar-refractivity contribution >= 4 is 44.4 Å². The molecule has 1 amide bonds. The van der Waals surface area contributed by atoms with E-state index in [-0.39, 0.29) is 11.6 Å². The molecule has 11 heteroatoms. The van der Waals surface area contributed by atoms with Crippen molar-refractivity contribution < 1.29 is 14.7 Å². The molecule has 0 unspecified atom stereocenters. The lowest BCUT2D eigenvalue weighted by molar-refractivity contribution is 0.0691. The van der Waals surface area contributed by atoms with Gasteiger partial charge in [-0.2, -0.15) is 5.10 Å². The number of carboxylic acids is 1. The van der Waals surface area contributed by atoms with Gasteiger partial charge in [-0.3, -0.25) is 19.7 Å². The Bertz CT molecular complexity index is 2230. The third-order valence-electron chi connectivity index (χ3n) is 8.35. The van der Waals surface area contributed by atoms with E-state index in [0.29, 0.717) is 60.2 Å². The summed E-state index contributed by atoms with van der Waals surface area (Å²) in [6.07, 6.45) is 4.19. The van der Waals surface area contributed by atoms with Crippen LogP contribution < -0.4 is 10.2 Å². The van der Waals surface area contributed by atoms with E-state index < -0.39 is 5.97 Å². The third kappa shape index (κ3) is 6.92. The van der Waals surface area contributed by atoms with Crippen LogP contribution in [-0.2, 0) is 19.5 Å². The highest BCUT2D eigenvalue weighted by molar-refractivity contribution is 7.22. The van der Waals surface area contributed by atoms with E-state index in [1.54, 1.807) is 16.9 Å². The van der Waals surface area contributed by atoms with Crippen LogP contribution in [0.1, 0.15) is 43.1 Å². The Labute approximate surface area is 287 Å². The smallest absolute Gasteiger partial charge is 0.355 e. The van der Waals surface area contributed by atoms with Gasteiger partial charge in [-0.05, 0) is 73.6 Å². The number of hydrogen-bond acceptors (Lipinski definition) is 8. The van der Waals surface area contributed by atoms with Gasteiger partial charge < -0.3 is 10.0 Å². The van der Waals surface area contributed by atoms with Crippen LogP contribution in [0.15, 0.2) is 91.3 Å². The van der Waals surface area contributed by atoms with Gasteiger partial charge in [0.15, 0.2) is 10.8 Å². The Hall–Kier alpha value is -5.83. The fourth-order valence-corrected chi connectivity index (χ4v) is 6.80. The van der Waals surface area contributed by atoms with Crippen LogP contribution >= 0.6 is 11.3 Å². The Morgan fingerprint density at radius 2 is 1.84 bits per heavy atom. The number of nitrogens with zero attached hydrogens (tertiary/aromatic N) is 6. The molecule has 1 aliphatic rings. The maximum absolute atomic E-state index is 13.5. The monoisotopic (exact) mass is 667 g/mol. The predicted molar refractivity (Wildman–Crippen MR) is 192 cm³/mol. The number of carboxylic acid groups (broad SMARTS) is 1. The highest BCUT2D eigenvalue weighted by atomic mass is 32.1. The lowest BCUT2D eigenvalue weighted by Crippen LogP contribution is -2.33. The van der Waals surface area contributed by atoms with Gasteiger partial charge in [0, 0.05) is 41.5 Å². The van der Waals surface area contributed by atoms with E-state index in [4.69, 9.17) is 0 Å². The quantitative estimate of drug-likeness (QED) is 0.189. The first-order valence-electron chi connectivity index (χ1n) is 15.8. The minimum atomic E-state index is -1.13. The topological polar surface area (TPSA) is 116 Å². The van der Waals surface area contributed by atoms with Crippen LogP contribution in [0.2, 0.25) is 0 Å². The van der Waals surface area contributed by atoms with Gasteiger partial charge in [0.1, 0.15) is 5.82 Å². The Balaban J connectivity index is 1.11. The Kier molecular flexibility index (Phi) is 8.89. The maximum atomic E-state index is 13.5.